The monoisotopic (exact) mass is 226 g/mol. The van der Waals surface area contributed by atoms with Gasteiger partial charge in [-0.1, -0.05) is 12.1 Å². The molecule has 1 N–H and O–H groups in total. The quantitative estimate of drug-likeness (QED) is 0.875. The van der Waals surface area contributed by atoms with E-state index in [1.165, 1.54) is 0 Å². The van der Waals surface area contributed by atoms with Gasteiger partial charge < -0.3 is 5.32 Å². The lowest BCUT2D eigenvalue weighted by Gasteiger charge is -2.05. The molecule has 2 aromatic rings. The summed E-state index contributed by atoms with van der Waals surface area (Å²) in [7, 11) is 0. The maximum atomic E-state index is 8.98. The fourth-order valence-electron chi connectivity index (χ4n) is 1.53. The van der Waals surface area contributed by atoms with Gasteiger partial charge in [0.1, 0.15) is 6.07 Å². The number of nitriles is 1. The van der Waals surface area contributed by atoms with Crippen molar-refractivity contribution in [2.24, 2.45) is 0 Å². The van der Waals surface area contributed by atoms with Crippen molar-refractivity contribution in [1.29, 1.82) is 5.26 Å². The summed E-state index contributed by atoms with van der Waals surface area (Å²) in [5.74, 6) is 0. The highest BCUT2D eigenvalue weighted by Gasteiger charge is 2.04. The van der Waals surface area contributed by atoms with Crippen LogP contribution in [0.25, 0.3) is 0 Å². The van der Waals surface area contributed by atoms with E-state index in [1.54, 1.807) is 12.3 Å². The molecule has 0 aliphatic heterocycles. The SMILES string of the molecule is CC(C)n1cc(Nc2ccccc2C#N)cn1. The lowest BCUT2D eigenvalue weighted by Crippen LogP contribution is -2.00. The minimum Gasteiger partial charge on any atom is -0.352 e. The van der Waals surface area contributed by atoms with E-state index >= 15 is 0 Å². The third-order valence-corrected chi connectivity index (χ3v) is 2.46. The zero-order valence-electron chi connectivity index (χ0n) is 9.88. The predicted octanol–water partition coefficient (Wildman–Crippen LogP) is 3.08. The number of benzene rings is 1. The number of hydrogen-bond donors (Lipinski definition) is 1. The Morgan fingerprint density at radius 1 is 1.35 bits per heavy atom. The molecule has 0 unspecified atom stereocenters. The average Bonchev–Trinajstić information content (AvgIpc) is 2.78. The predicted molar refractivity (Wildman–Crippen MR) is 67.1 cm³/mol. The molecule has 4 heteroatoms. The van der Waals surface area contributed by atoms with Crippen LogP contribution in [-0.4, -0.2) is 9.78 Å². The van der Waals surface area contributed by atoms with Crippen LogP contribution in [-0.2, 0) is 0 Å². The topological polar surface area (TPSA) is 53.6 Å². The molecule has 0 aliphatic carbocycles. The number of aromatic nitrogens is 2. The maximum Gasteiger partial charge on any atom is 0.101 e. The lowest BCUT2D eigenvalue weighted by molar-refractivity contribution is 0.532. The molecule has 0 fully saturated rings. The Bertz CT molecular complexity index is 549. The molecule has 0 spiro atoms. The Hall–Kier alpha value is -2.28. The van der Waals surface area contributed by atoms with Gasteiger partial charge in [0, 0.05) is 12.2 Å². The summed E-state index contributed by atoms with van der Waals surface area (Å²) < 4.78 is 1.87. The van der Waals surface area contributed by atoms with Crippen LogP contribution in [0.1, 0.15) is 25.5 Å². The highest BCUT2D eigenvalue weighted by molar-refractivity contribution is 5.65. The molecule has 17 heavy (non-hydrogen) atoms. The second kappa shape index (κ2) is 4.71. The number of nitrogens with one attached hydrogen (secondary N) is 1. The van der Waals surface area contributed by atoms with E-state index in [9.17, 15) is 0 Å². The highest BCUT2D eigenvalue weighted by atomic mass is 15.3. The molecule has 1 aromatic carbocycles. The zero-order valence-corrected chi connectivity index (χ0v) is 9.88. The van der Waals surface area contributed by atoms with Crippen LogP contribution in [0.15, 0.2) is 36.7 Å². The van der Waals surface area contributed by atoms with Gasteiger partial charge >= 0.3 is 0 Å². The molecule has 1 heterocycles. The fraction of sp³-hybridized carbons (Fsp3) is 0.231. The molecule has 0 saturated carbocycles. The van der Waals surface area contributed by atoms with Gasteiger partial charge in [-0.2, -0.15) is 10.4 Å². The maximum absolute atomic E-state index is 8.98. The molecule has 86 valence electrons. The number of anilines is 2. The fourth-order valence-corrected chi connectivity index (χ4v) is 1.53. The van der Waals surface area contributed by atoms with Gasteiger partial charge in [0.05, 0.1) is 23.1 Å². The molecule has 1 aromatic heterocycles. The Morgan fingerprint density at radius 2 is 2.12 bits per heavy atom. The Labute approximate surface area is 100 Å². The Kier molecular flexibility index (Phi) is 3.10. The van der Waals surface area contributed by atoms with Crippen molar-refractivity contribution in [1.82, 2.24) is 9.78 Å². The third-order valence-electron chi connectivity index (χ3n) is 2.46. The summed E-state index contributed by atoms with van der Waals surface area (Å²) in [5, 5.41) is 16.4. The number of para-hydroxylation sites is 1. The van der Waals surface area contributed by atoms with Crippen LogP contribution < -0.4 is 5.32 Å². The molecule has 0 amide bonds. The molecule has 0 bridgehead atoms. The van der Waals surface area contributed by atoms with Crippen LogP contribution in [0.4, 0.5) is 11.4 Å². The molecule has 0 atom stereocenters. The summed E-state index contributed by atoms with van der Waals surface area (Å²) in [6.07, 6.45) is 3.69. The van der Waals surface area contributed by atoms with Crippen molar-refractivity contribution in [3.63, 3.8) is 0 Å². The third kappa shape index (κ3) is 2.45. The van der Waals surface area contributed by atoms with Gasteiger partial charge in [0.25, 0.3) is 0 Å². The molecular formula is C13H14N4. The van der Waals surface area contributed by atoms with E-state index in [0.717, 1.165) is 11.4 Å². The minimum absolute atomic E-state index is 0.330. The number of nitrogens with zero attached hydrogens (tertiary/aromatic N) is 3. The van der Waals surface area contributed by atoms with Crippen molar-refractivity contribution in [2.75, 3.05) is 5.32 Å². The smallest absolute Gasteiger partial charge is 0.101 e. The Morgan fingerprint density at radius 3 is 2.76 bits per heavy atom. The second-order valence-corrected chi connectivity index (χ2v) is 4.09. The summed E-state index contributed by atoms with van der Waals surface area (Å²) in [5.41, 5.74) is 2.32. The largest absolute Gasteiger partial charge is 0.352 e. The molecule has 4 nitrogen and oxygen atoms in total. The average molecular weight is 226 g/mol. The van der Waals surface area contributed by atoms with Crippen LogP contribution >= 0.6 is 0 Å². The first-order valence-corrected chi connectivity index (χ1v) is 5.51. The molecular weight excluding hydrogens is 212 g/mol. The first kappa shape index (κ1) is 11.2. The summed E-state index contributed by atoms with van der Waals surface area (Å²) in [4.78, 5) is 0. The van der Waals surface area contributed by atoms with Gasteiger partial charge in [-0.05, 0) is 26.0 Å². The van der Waals surface area contributed by atoms with Crippen LogP contribution in [0.5, 0.6) is 0 Å². The van der Waals surface area contributed by atoms with Gasteiger partial charge in [-0.15, -0.1) is 0 Å². The van der Waals surface area contributed by atoms with E-state index in [0.29, 0.717) is 11.6 Å². The van der Waals surface area contributed by atoms with E-state index in [4.69, 9.17) is 5.26 Å². The van der Waals surface area contributed by atoms with Gasteiger partial charge in [0.2, 0.25) is 0 Å². The van der Waals surface area contributed by atoms with E-state index in [-0.39, 0.29) is 0 Å². The van der Waals surface area contributed by atoms with Gasteiger partial charge in [0.15, 0.2) is 0 Å². The van der Waals surface area contributed by atoms with Crippen molar-refractivity contribution in [3.8, 4) is 6.07 Å². The standard InChI is InChI=1S/C13H14N4/c1-10(2)17-9-12(8-15-17)16-13-6-4-3-5-11(13)7-14/h3-6,8-10,16H,1-2H3. The number of rotatable bonds is 3. The van der Waals surface area contributed by atoms with Crippen molar-refractivity contribution in [2.45, 2.75) is 19.9 Å². The highest BCUT2D eigenvalue weighted by Crippen LogP contribution is 2.20. The van der Waals surface area contributed by atoms with E-state index < -0.39 is 0 Å². The zero-order chi connectivity index (χ0) is 12.3. The van der Waals surface area contributed by atoms with Crippen molar-refractivity contribution in [3.05, 3.63) is 42.2 Å². The van der Waals surface area contributed by atoms with E-state index in [2.05, 4.69) is 30.3 Å². The second-order valence-electron chi connectivity index (χ2n) is 4.09. The normalized spacial score (nSPS) is 10.2. The van der Waals surface area contributed by atoms with E-state index in [1.807, 2.05) is 29.1 Å². The summed E-state index contributed by atoms with van der Waals surface area (Å²) >= 11 is 0. The minimum atomic E-state index is 0.330. The summed E-state index contributed by atoms with van der Waals surface area (Å²) in [6, 6.07) is 9.90. The number of hydrogen-bond acceptors (Lipinski definition) is 3. The van der Waals surface area contributed by atoms with Crippen molar-refractivity contribution < 1.29 is 0 Å². The molecule has 2 rings (SSSR count). The first-order valence-electron chi connectivity index (χ1n) is 5.51. The van der Waals surface area contributed by atoms with Crippen LogP contribution in [0, 0.1) is 11.3 Å². The van der Waals surface area contributed by atoms with Gasteiger partial charge in [-0.25, -0.2) is 0 Å². The molecule has 0 aliphatic rings. The van der Waals surface area contributed by atoms with Gasteiger partial charge in [-0.3, -0.25) is 4.68 Å². The molecule has 0 radical (unpaired) electrons. The summed E-state index contributed by atoms with van der Waals surface area (Å²) in [6.45, 7) is 4.14. The van der Waals surface area contributed by atoms with Crippen LogP contribution in [0.3, 0.4) is 0 Å². The lowest BCUT2D eigenvalue weighted by atomic mass is 10.2. The van der Waals surface area contributed by atoms with Crippen molar-refractivity contribution >= 4 is 11.4 Å². The first-order chi connectivity index (χ1) is 8.20. The Balaban J connectivity index is 2.23. The molecule has 0 saturated heterocycles. The van der Waals surface area contributed by atoms with Crippen LogP contribution in [0.2, 0.25) is 0 Å².